The van der Waals surface area contributed by atoms with Crippen LogP contribution in [0.4, 0.5) is 68.0 Å². The van der Waals surface area contributed by atoms with E-state index in [1.165, 1.54) is 24.2 Å². The fourth-order valence-electron chi connectivity index (χ4n) is 15.2. The Kier molecular flexibility index (Phi) is 33.0. The molecule has 6 aliphatic rings. The Morgan fingerprint density at radius 3 is 0.941 bits per heavy atom. The van der Waals surface area contributed by atoms with Gasteiger partial charge >= 0.3 is 18.5 Å². The van der Waals surface area contributed by atoms with Crippen LogP contribution in [0.5, 0.6) is 5.75 Å². The summed E-state index contributed by atoms with van der Waals surface area (Å²) in [6, 6.07) is 30.6. The first-order chi connectivity index (χ1) is 54.7. The van der Waals surface area contributed by atoms with Gasteiger partial charge < -0.3 is 39.0 Å². The average Bonchev–Trinajstić information content (AvgIpc) is 0.788. The van der Waals surface area contributed by atoms with Crippen molar-refractivity contribution in [3.05, 3.63) is 179 Å². The Morgan fingerprint density at radius 1 is 0.395 bits per heavy atom. The van der Waals surface area contributed by atoms with E-state index < -0.39 is 52.1 Å². The quantitative estimate of drug-likeness (QED) is 0.0578. The molecular weight excluding hydrogens is 1530 g/mol. The molecule has 656 valence electrons. The van der Waals surface area contributed by atoms with Crippen LogP contribution in [0.1, 0.15) is 214 Å². The van der Waals surface area contributed by atoms with Crippen molar-refractivity contribution in [3.63, 3.8) is 0 Å². The van der Waals surface area contributed by atoms with Crippen LogP contribution in [-0.2, 0) is 34.2 Å². The van der Waals surface area contributed by atoms with Crippen LogP contribution in [0.15, 0.2) is 168 Å². The van der Waals surface area contributed by atoms with Crippen molar-refractivity contribution in [1.29, 1.82) is 0 Å². The maximum absolute atomic E-state index is 13.0. The van der Waals surface area contributed by atoms with Gasteiger partial charge in [-0.25, -0.2) is 0 Å². The van der Waals surface area contributed by atoms with Crippen molar-refractivity contribution in [1.82, 2.24) is 9.80 Å². The Bertz CT molecular complexity index is 4290. The van der Waals surface area contributed by atoms with E-state index in [-0.39, 0.29) is 55.7 Å². The van der Waals surface area contributed by atoms with Crippen molar-refractivity contribution in [2.45, 2.75) is 234 Å². The molecule has 119 heavy (non-hydrogen) atoms. The largest absolute Gasteiger partial charge is 0.497 e. The third-order valence-corrected chi connectivity index (χ3v) is 23.4. The third-order valence-electron chi connectivity index (χ3n) is 23.4. The first-order valence-electron chi connectivity index (χ1n) is 41.6. The molecule has 0 N–H and O–H groups in total. The van der Waals surface area contributed by atoms with Gasteiger partial charge in [-0.15, -0.1) is 0 Å². The Balaban J connectivity index is 0.000000233. The second kappa shape index (κ2) is 39.8. The number of aryl methyl sites for hydroxylation is 1. The molecule has 0 fully saturated rings. The van der Waals surface area contributed by atoms with Gasteiger partial charge in [-0.3, -0.25) is 28.8 Å². The third kappa shape index (κ3) is 27.8. The highest BCUT2D eigenvalue weighted by molar-refractivity contribution is 6.03. The molecule has 0 atom stereocenters. The van der Waals surface area contributed by atoms with Crippen LogP contribution in [0.3, 0.4) is 0 Å². The van der Waals surface area contributed by atoms with Gasteiger partial charge in [0.2, 0.25) is 0 Å². The molecule has 0 unspecified atom stereocenters. The second-order valence-corrected chi connectivity index (χ2v) is 38.4. The van der Waals surface area contributed by atoms with Gasteiger partial charge in [0, 0.05) is 178 Å². The summed E-state index contributed by atoms with van der Waals surface area (Å²) < 4.78 is 121. The molecule has 10 rings (SSSR count). The number of nitrogens with zero attached hydrogens (tertiary/aromatic N) is 7. The lowest BCUT2D eigenvalue weighted by Crippen LogP contribution is -2.39. The van der Waals surface area contributed by atoms with E-state index in [2.05, 4.69) is 148 Å². The number of hydrogen-bond acceptors (Lipinski definition) is 14. The smallest absolute Gasteiger partial charge is 0.454 e. The molecule has 0 spiro atoms. The number of ketones is 6. The number of carbonyl (C=O) groups is 6. The van der Waals surface area contributed by atoms with Crippen LogP contribution in [0.2, 0.25) is 0 Å². The summed E-state index contributed by atoms with van der Waals surface area (Å²) in [5.74, 6) is -2.73. The highest BCUT2D eigenvalue weighted by Gasteiger charge is 2.50. The van der Waals surface area contributed by atoms with Crippen LogP contribution >= 0.6 is 0 Å². The van der Waals surface area contributed by atoms with Crippen molar-refractivity contribution >= 4 is 63.1 Å². The monoisotopic (exact) mass is 1670 g/mol. The Hall–Kier alpha value is -8.89. The SMILES string of the molecule is CC(=O)C1=CN(c2ccc(C)cc2)CCC1(C)C.CC(C)CN1C=C(C(=O)CCCCC(=O)C2=CN(CC(C)C)CCC2(C)C)C(C)(C)CC1.CC1(C)CCN(c2ccc(C(C)(C)C)cc2)C=C1C(=O)C(F)(F)F.CN(C)c1ccc(N2C=C(C(=O)C(F)(F)F)C(C)(C)CC2)cc1.COc1ccc(N2C=C(C(=O)C(F)(F)F)C(C)(C)CC2)cc1. The minimum Gasteiger partial charge on any atom is -0.497 e. The number of carbonyl (C=O) groups excluding carboxylic acids is 6. The molecule has 0 aliphatic carbocycles. The van der Waals surface area contributed by atoms with E-state index in [0.717, 1.165) is 116 Å². The van der Waals surface area contributed by atoms with E-state index in [9.17, 15) is 68.3 Å². The minimum absolute atomic E-state index is 0.00691. The summed E-state index contributed by atoms with van der Waals surface area (Å²) in [5.41, 5.74) is 6.68. The second-order valence-electron chi connectivity index (χ2n) is 38.4. The first kappa shape index (κ1) is 98.9. The van der Waals surface area contributed by atoms with E-state index in [1.807, 2.05) is 73.7 Å². The zero-order valence-corrected chi connectivity index (χ0v) is 75.0. The molecule has 0 bridgehead atoms. The molecule has 0 radical (unpaired) electrons. The molecule has 4 aromatic carbocycles. The summed E-state index contributed by atoms with van der Waals surface area (Å²) in [7, 11) is 5.37. The van der Waals surface area contributed by atoms with E-state index in [0.29, 0.717) is 69.3 Å². The van der Waals surface area contributed by atoms with E-state index in [1.54, 1.807) is 94.5 Å². The van der Waals surface area contributed by atoms with Gasteiger partial charge in [0.25, 0.3) is 17.3 Å². The number of Topliss-reactive ketones (excluding diaryl/α,β-unsaturated/α-hetero) is 6. The molecule has 4 aromatic rings. The molecule has 14 nitrogen and oxygen atoms in total. The minimum atomic E-state index is -4.86. The number of alkyl halides is 9. The number of ether oxygens (including phenoxy) is 1. The summed E-state index contributed by atoms with van der Waals surface area (Å²) in [6.45, 7) is 48.7. The maximum Gasteiger partial charge on any atom is 0.454 e. The number of anilines is 5. The number of methoxy groups -OCH3 is 1. The fraction of sp³-hybridized carbons (Fsp3) is 0.562. The summed E-state index contributed by atoms with van der Waals surface area (Å²) in [5, 5.41) is 0. The topological polar surface area (TPSA) is 134 Å². The summed E-state index contributed by atoms with van der Waals surface area (Å²) in [6.07, 6.45) is 2.89. The normalized spacial score (nSPS) is 18.7. The lowest BCUT2D eigenvalue weighted by atomic mass is 9.75. The molecule has 23 heteroatoms. The molecule has 6 aliphatic heterocycles. The van der Waals surface area contributed by atoms with Gasteiger partial charge in [0.15, 0.2) is 17.3 Å². The van der Waals surface area contributed by atoms with Crippen molar-refractivity contribution < 1.29 is 73.0 Å². The lowest BCUT2D eigenvalue weighted by Gasteiger charge is -2.38. The molecule has 0 saturated carbocycles. The van der Waals surface area contributed by atoms with Crippen LogP contribution < -0.4 is 29.2 Å². The van der Waals surface area contributed by atoms with E-state index in [4.69, 9.17) is 4.74 Å². The van der Waals surface area contributed by atoms with Gasteiger partial charge in [-0.1, -0.05) is 161 Å². The Morgan fingerprint density at radius 2 is 0.664 bits per heavy atom. The van der Waals surface area contributed by atoms with Gasteiger partial charge in [0.05, 0.1) is 7.11 Å². The van der Waals surface area contributed by atoms with Crippen molar-refractivity contribution in [2.24, 2.45) is 44.3 Å². The highest BCUT2D eigenvalue weighted by atomic mass is 19.4. The standard InChI is InChI=1S/C28H48N2O2.C19H24F3NO.C17H21F3N2O.C16H18F3NO2.C16H21NO/c1-21(2)17-29-15-13-27(5,6)23(19-29)25(31)11-9-10-12-26(32)24-20-30(18-22(3)4)16-14-28(24,7)8;1-17(2,3)13-6-8-14(9-7-13)23-11-10-18(4,5)15(12-23)16(24)19(20,21)22;1-16(2)9-10-22(11-14(16)15(23)17(18,19)20)13-7-5-12(6-8-13)21(3)4;1-15(2)8-9-20(10-13(15)14(21)16(17,18)19)11-4-6-12(22-3)7-5-11;1-12-5-7-14(8-6-12)17-10-9-16(3,4)15(11-17)13(2)18/h19-22H,9-18H2,1-8H3;6-9,12H,10-11H2,1-5H3;5-8,11H,9-10H2,1-4H3;4-7,10H,8-9H2,1-3H3;5-8,11H,9-10H2,1-4H3. The van der Waals surface area contributed by atoms with Gasteiger partial charge in [0.1, 0.15) is 5.75 Å². The maximum atomic E-state index is 13.0. The molecule has 0 aromatic heterocycles. The van der Waals surface area contributed by atoms with Crippen LogP contribution in [-0.4, -0.2) is 137 Å². The number of allylic oxidation sites excluding steroid dienone is 6. The molecular formula is C96H132F9N7O7. The molecule has 0 saturated heterocycles. The number of benzene rings is 4. The lowest BCUT2D eigenvalue weighted by molar-refractivity contribution is -0.167. The average molecular weight is 1670 g/mol. The number of rotatable bonds is 21. The predicted octanol–water partition coefficient (Wildman–Crippen LogP) is 23.1. The van der Waals surface area contributed by atoms with Crippen LogP contribution in [0.25, 0.3) is 0 Å². The van der Waals surface area contributed by atoms with E-state index >= 15 is 0 Å². The number of unbranched alkanes of at least 4 members (excludes halogenated alkanes) is 1. The molecule has 0 amide bonds. The van der Waals surface area contributed by atoms with Gasteiger partial charge in [-0.05, 0) is 193 Å². The van der Waals surface area contributed by atoms with Crippen molar-refractivity contribution in [2.75, 3.05) is 98.1 Å². The first-order valence-corrected chi connectivity index (χ1v) is 41.6. The highest BCUT2D eigenvalue weighted by Crippen LogP contribution is 2.46. The summed E-state index contributed by atoms with van der Waals surface area (Å²) in [4.78, 5) is 86.9. The fourth-order valence-corrected chi connectivity index (χ4v) is 15.2. The zero-order valence-electron chi connectivity index (χ0n) is 75.0. The van der Waals surface area contributed by atoms with Crippen molar-refractivity contribution in [3.8, 4) is 5.75 Å². The number of hydrogen-bond donors (Lipinski definition) is 0. The Labute approximate surface area is 703 Å². The predicted molar refractivity (Wildman–Crippen MR) is 464 cm³/mol. The zero-order chi connectivity index (χ0) is 89.7. The van der Waals surface area contributed by atoms with Gasteiger partial charge in [-0.2, -0.15) is 39.5 Å². The van der Waals surface area contributed by atoms with Crippen LogP contribution in [0, 0.1) is 51.2 Å². The molecule has 6 heterocycles. The number of halogens is 9. The summed E-state index contributed by atoms with van der Waals surface area (Å²) >= 11 is 0.